The van der Waals surface area contributed by atoms with Crippen molar-refractivity contribution < 1.29 is 24.2 Å². The molecule has 0 bridgehead atoms. The number of ether oxygens (including phenoxy) is 2. The van der Waals surface area contributed by atoms with E-state index in [2.05, 4.69) is 5.32 Å². The van der Waals surface area contributed by atoms with E-state index < -0.39 is 0 Å². The molecule has 2 aromatic carbocycles. The molecule has 6 heteroatoms. The van der Waals surface area contributed by atoms with Gasteiger partial charge in [-0.2, -0.15) is 0 Å². The number of benzene rings is 2. The van der Waals surface area contributed by atoms with E-state index in [1.165, 1.54) is 18.6 Å². The van der Waals surface area contributed by atoms with Crippen molar-refractivity contribution in [3.05, 3.63) is 48.0 Å². The number of carbonyl (C=O) groups is 2. The number of fused-ring (bicyclic) bond motifs is 1. The predicted molar refractivity (Wildman–Crippen MR) is 104 cm³/mol. The lowest BCUT2D eigenvalue weighted by Gasteiger charge is -2.40. The second kappa shape index (κ2) is 7.54. The predicted octanol–water partition coefficient (Wildman–Crippen LogP) is 4.08. The average Bonchev–Trinajstić information content (AvgIpc) is 2.68. The molecular formula is C22H23NO5. The van der Waals surface area contributed by atoms with Gasteiger partial charge >= 0.3 is 0 Å². The van der Waals surface area contributed by atoms with Crippen molar-refractivity contribution >= 4 is 17.4 Å². The van der Waals surface area contributed by atoms with Gasteiger partial charge in [-0.05, 0) is 62.1 Å². The number of hydrogen-bond donors (Lipinski definition) is 2. The van der Waals surface area contributed by atoms with Gasteiger partial charge in [0.05, 0.1) is 12.0 Å². The van der Waals surface area contributed by atoms with Crippen molar-refractivity contribution in [1.29, 1.82) is 0 Å². The Balaban J connectivity index is 1.41. The molecule has 2 aliphatic rings. The highest BCUT2D eigenvalue weighted by Crippen LogP contribution is 2.42. The molecule has 0 unspecified atom stereocenters. The zero-order chi connectivity index (χ0) is 19.6. The number of Topliss-reactive ketones (excluding diaryl/α,β-unsaturated/α-hetero) is 1. The normalized spacial score (nSPS) is 17.5. The molecule has 0 radical (unpaired) electrons. The Morgan fingerprint density at radius 2 is 1.86 bits per heavy atom. The summed E-state index contributed by atoms with van der Waals surface area (Å²) >= 11 is 0. The maximum absolute atomic E-state index is 12.6. The fourth-order valence-corrected chi connectivity index (χ4v) is 3.93. The van der Waals surface area contributed by atoms with Gasteiger partial charge in [-0.3, -0.25) is 9.59 Å². The van der Waals surface area contributed by atoms with Crippen LogP contribution in [-0.2, 0) is 4.79 Å². The van der Waals surface area contributed by atoms with Gasteiger partial charge in [0.1, 0.15) is 22.8 Å². The molecule has 0 saturated heterocycles. The molecule has 1 spiro atoms. The third-order valence-corrected chi connectivity index (χ3v) is 5.35. The molecule has 0 aromatic heterocycles. The third-order valence-electron chi connectivity index (χ3n) is 5.35. The lowest BCUT2D eigenvalue weighted by molar-refractivity contribution is -0.118. The number of rotatable bonds is 4. The van der Waals surface area contributed by atoms with E-state index in [1.54, 1.807) is 30.3 Å². The monoisotopic (exact) mass is 381 g/mol. The van der Waals surface area contributed by atoms with Crippen LogP contribution in [0.4, 0.5) is 5.69 Å². The second-order valence-electron chi connectivity index (χ2n) is 7.49. The minimum absolute atomic E-state index is 0.111. The molecular weight excluding hydrogens is 358 g/mol. The highest BCUT2D eigenvalue weighted by molar-refractivity contribution is 6.00. The number of phenols is 1. The van der Waals surface area contributed by atoms with Crippen molar-refractivity contribution in [3.8, 4) is 17.2 Å². The third kappa shape index (κ3) is 3.96. The Morgan fingerprint density at radius 3 is 2.61 bits per heavy atom. The molecule has 1 aliphatic carbocycles. The Hall–Kier alpha value is -3.02. The standard InChI is InChI=1S/C22H23NO5/c24-16-6-4-15(5-7-16)23-21(26)14-27-17-8-9-18-19(25)13-22(28-20(18)12-17)10-2-1-3-11-22/h4-9,12,24H,1-3,10-11,13-14H2,(H,23,26). The van der Waals surface area contributed by atoms with Crippen LogP contribution in [-0.4, -0.2) is 29.0 Å². The van der Waals surface area contributed by atoms with Crippen molar-refractivity contribution in [1.82, 2.24) is 0 Å². The van der Waals surface area contributed by atoms with E-state index in [0.29, 0.717) is 29.2 Å². The number of aromatic hydroxyl groups is 1. The van der Waals surface area contributed by atoms with E-state index >= 15 is 0 Å². The molecule has 146 valence electrons. The summed E-state index contributed by atoms with van der Waals surface area (Å²) in [6.45, 7) is -0.168. The van der Waals surface area contributed by atoms with Gasteiger partial charge in [0.15, 0.2) is 12.4 Å². The minimum atomic E-state index is -0.378. The Morgan fingerprint density at radius 1 is 1.11 bits per heavy atom. The van der Waals surface area contributed by atoms with Crippen molar-refractivity contribution in [2.24, 2.45) is 0 Å². The summed E-state index contributed by atoms with van der Waals surface area (Å²) in [6.07, 6.45) is 5.59. The first-order valence-corrected chi connectivity index (χ1v) is 9.61. The molecule has 1 aliphatic heterocycles. The molecule has 0 atom stereocenters. The maximum atomic E-state index is 12.6. The van der Waals surface area contributed by atoms with Crippen molar-refractivity contribution in [2.45, 2.75) is 44.1 Å². The first kappa shape index (κ1) is 18.3. The number of phenolic OH excluding ortho intramolecular Hbond substituents is 1. The average molecular weight is 381 g/mol. The molecule has 1 fully saturated rings. The molecule has 1 amide bonds. The minimum Gasteiger partial charge on any atom is -0.508 e. The van der Waals surface area contributed by atoms with E-state index in [4.69, 9.17) is 9.47 Å². The van der Waals surface area contributed by atoms with Crippen LogP contribution in [0.5, 0.6) is 17.2 Å². The smallest absolute Gasteiger partial charge is 0.262 e. The molecule has 2 N–H and O–H groups in total. The van der Waals surface area contributed by atoms with Crippen molar-refractivity contribution in [2.75, 3.05) is 11.9 Å². The molecule has 4 rings (SSSR count). The van der Waals surface area contributed by atoms with Gasteiger partial charge in [0.2, 0.25) is 0 Å². The van der Waals surface area contributed by atoms with E-state index in [0.717, 1.165) is 25.7 Å². The fraction of sp³-hybridized carbons (Fsp3) is 0.364. The number of nitrogens with one attached hydrogen (secondary N) is 1. The van der Waals surface area contributed by atoms with Gasteiger partial charge in [-0.1, -0.05) is 6.42 Å². The molecule has 6 nitrogen and oxygen atoms in total. The Labute approximate surface area is 163 Å². The van der Waals surface area contributed by atoms with E-state index in [1.807, 2.05) is 0 Å². The molecule has 1 heterocycles. The van der Waals surface area contributed by atoms with E-state index in [9.17, 15) is 14.7 Å². The highest BCUT2D eigenvalue weighted by atomic mass is 16.5. The zero-order valence-electron chi connectivity index (χ0n) is 15.6. The summed E-state index contributed by atoms with van der Waals surface area (Å²) in [6, 6.07) is 11.3. The van der Waals surface area contributed by atoms with Crippen LogP contribution in [0.1, 0.15) is 48.9 Å². The second-order valence-corrected chi connectivity index (χ2v) is 7.49. The summed E-state index contributed by atoms with van der Waals surface area (Å²) in [5.74, 6) is 0.965. The number of carbonyl (C=O) groups excluding carboxylic acids is 2. The largest absolute Gasteiger partial charge is 0.508 e. The number of amides is 1. The van der Waals surface area contributed by atoms with Crippen molar-refractivity contribution in [3.63, 3.8) is 0 Å². The van der Waals surface area contributed by atoms with Crippen LogP contribution >= 0.6 is 0 Å². The maximum Gasteiger partial charge on any atom is 0.262 e. The van der Waals surface area contributed by atoms with Gasteiger partial charge in [0.25, 0.3) is 5.91 Å². The van der Waals surface area contributed by atoms with Crippen LogP contribution in [0, 0.1) is 0 Å². The number of ketones is 1. The number of hydrogen-bond acceptors (Lipinski definition) is 5. The lowest BCUT2D eigenvalue weighted by atomic mass is 9.78. The van der Waals surface area contributed by atoms with Gasteiger partial charge in [-0.25, -0.2) is 0 Å². The van der Waals surface area contributed by atoms with Gasteiger partial charge in [-0.15, -0.1) is 0 Å². The van der Waals surface area contributed by atoms with Crippen LogP contribution in [0.3, 0.4) is 0 Å². The molecule has 2 aromatic rings. The number of anilines is 1. The summed E-state index contributed by atoms with van der Waals surface area (Å²) < 4.78 is 11.8. The summed E-state index contributed by atoms with van der Waals surface area (Å²) in [5.41, 5.74) is 0.777. The SMILES string of the molecule is O=C(COc1ccc2c(c1)OC1(CCCCC1)CC2=O)Nc1ccc(O)cc1. The Bertz CT molecular complexity index is 884. The van der Waals surface area contributed by atoms with Gasteiger partial charge in [0, 0.05) is 11.8 Å². The first-order chi connectivity index (χ1) is 13.5. The van der Waals surface area contributed by atoms with Crippen LogP contribution in [0.2, 0.25) is 0 Å². The first-order valence-electron chi connectivity index (χ1n) is 9.61. The van der Waals surface area contributed by atoms with E-state index in [-0.39, 0.29) is 29.6 Å². The summed E-state index contributed by atoms with van der Waals surface area (Å²) in [7, 11) is 0. The fourth-order valence-electron chi connectivity index (χ4n) is 3.93. The topological polar surface area (TPSA) is 84.9 Å². The summed E-state index contributed by atoms with van der Waals surface area (Å²) in [5, 5.41) is 12.0. The van der Waals surface area contributed by atoms with Crippen LogP contribution in [0.25, 0.3) is 0 Å². The van der Waals surface area contributed by atoms with Crippen LogP contribution < -0.4 is 14.8 Å². The Kier molecular flexibility index (Phi) is 4.94. The van der Waals surface area contributed by atoms with Gasteiger partial charge < -0.3 is 19.9 Å². The van der Waals surface area contributed by atoms with Crippen LogP contribution in [0.15, 0.2) is 42.5 Å². The highest BCUT2D eigenvalue weighted by Gasteiger charge is 2.41. The molecule has 1 saturated carbocycles. The zero-order valence-corrected chi connectivity index (χ0v) is 15.6. The molecule has 28 heavy (non-hydrogen) atoms. The lowest BCUT2D eigenvalue weighted by Crippen LogP contribution is -2.43. The summed E-state index contributed by atoms with van der Waals surface area (Å²) in [4.78, 5) is 24.6. The quantitative estimate of drug-likeness (QED) is 0.780.